The highest BCUT2D eigenvalue weighted by molar-refractivity contribution is 5.88. The van der Waals surface area contributed by atoms with E-state index in [1.807, 2.05) is 12.1 Å². The topological polar surface area (TPSA) is 43.4 Å². The number of nitrogens with one attached hydrogen (secondary N) is 1. The molecule has 2 aromatic rings. The van der Waals surface area contributed by atoms with Gasteiger partial charge in [-0.3, -0.25) is 0 Å². The molecule has 0 aliphatic rings. The molecule has 0 aliphatic carbocycles. The van der Waals surface area contributed by atoms with Crippen LogP contribution >= 0.6 is 0 Å². The Morgan fingerprint density at radius 2 is 1.90 bits per heavy atom. The molecule has 4 heteroatoms. The van der Waals surface area contributed by atoms with Crippen LogP contribution in [0.2, 0.25) is 0 Å². The van der Waals surface area contributed by atoms with Crippen molar-refractivity contribution in [2.24, 2.45) is 0 Å². The Morgan fingerprint density at radius 1 is 1.15 bits per heavy atom. The molecule has 0 radical (unpaired) electrons. The fourth-order valence-electron chi connectivity index (χ4n) is 2.27. The molecular formula is C16H22N2O2. The lowest BCUT2D eigenvalue weighted by Crippen LogP contribution is -2.05. The summed E-state index contributed by atoms with van der Waals surface area (Å²) >= 11 is 0. The standard InChI is InChI=1S/C16H22N2O2/c1-6-17-16-13(10(2)3)8-11-7-12(19-4)9-14(20-5)15(11)18-16/h7-10H,6H2,1-5H3,(H,17,18). The summed E-state index contributed by atoms with van der Waals surface area (Å²) in [6.07, 6.45) is 0. The Hall–Kier alpha value is -1.97. The summed E-state index contributed by atoms with van der Waals surface area (Å²) in [7, 11) is 3.31. The van der Waals surface area contributed by atoms with Crippen LogP contribution < -0.4 is 14.8 Å². The summed E-state index contributed by atoms with van der Waals surface area (Å²) in [6.45, 7) is 7.25. The van der Waals surface area contributed by atoms with Gasteiger partial charge in [-0.2, -0.15) is 0 Å². The number of ether oxygens (including phenoxy) is 2. The largest absolute Gasteiger partial charge is 0.497 e. The van der Waals surface area contributed by atoms with E-state index >= 15 is 0 Å². The van der Waals surface area contributed by atoms with Crippen LogP contribution in [-0.2, 0) is 0 Å². The fourth-order valence-corrected chi connectivity index (χ4v) is 2.27. The van der Waals surface area contributed by atoms with Crippen molar-refractivity contribution in [3.05, 3.63) is 23.8 Å². The lowest BCUT2D eigenvalue weighted by Gasteiger charge is -2.16. The minimum Gasteiger partial charge on any atom is -0.497 e. The Bertz CT molecular complexity index is 609. The van der Waals surface area contributed by atoms with Gasteiger partial charge in [0.1, 0.15) is 22.8 Å². The molecule has 0 saturated carbocycles. The molecule has 0 saturated heterocycles. The molecule has 108 valence electrons. The first-order valence-corrected chi connectivity index (χ1v) is 6.91. The van der Waals surface area contributed by atoms with E-state index in [1.165, 1.54) is 5.56 Å². The number of benzene rings is 1. The third kappa shape index (κ3) is 2.64. The molecule has 20 heavy (non-hydrogen) atoms. The predicted octanol–water partition coefficient (Wildman–Crippen LogP) is 3.81. The quantitative estimate of drug-likeness (QED) is 0.900. The van der Waals surface area contributed by atoms with E-state index in [0.29, 0.717) is 5.92 Å². The average Bonchev–Trinajstić information content (AvgIpc) is 2.45. The molecule has 0 amide bonds. The summed E-state index contributed by atoms with van der Waals surface area (Å²) < 4.78 is 10.8. The fraction of sp³-hybridized carbons (Fsp3) is 0.438. The van der Waals surface area contributed by atoms with E-state index < -0.39 is 0 Å². The smallest absolute Gasteiger partial charge is 0.148 e. The second kappa shape index (κ2) is 5.99. The molecule has 1 N–H and O–H groups in total. The van der Waals surface area contributed by atoms with Crippen LogP contribution in [0, 0.1) is 0 Å². The Kier molecular flexibility index (Phi) is 4.32. The highest BCUT2D eigenvalue weighted by Crippen LogP contribution is 2.34. The van der Waals surface area contributed by atoms with E-state index in [4.69, 9.17) is 14.5 Å². The number of hydrogen-bond acceptors (Lipinski definition) is 4. The zero-order valence-corrected chi connectivity index (χ0v) is 12.8. The summed E-state index contributed by atoms with van der Waals surface area (Å²) in [5.74, 6) is 2.84. The van der Waals surface area contributed by atoms with Crippen LogP contribution in [-0.4, -0.2) is 25.7 Å². The molecule has 1 aromatic carbocycles. The number of pyridine rings is 1. The monoisotopic (exact) mass is 274 g/mol. The van der Waals surface area contributed by atoms with E-state index in [0.717, 1.165) is 34.8 Å². The lowest BCUT2D eigenvalue weighted by atomic mass is 10.0. The minimum atomic E-state index is 0.401. The maximum absolute atomic E-state index is 5.43. The van der Waals surface area contributed by atoms with Crippen molar-refractivity contribution < 1.29 is 9.47 Å². The van der Waals surface area contributed by atoms with Crippen LogP contribution in [0.3, 0.4) is 0 Å². The van der Waals surface area contributed by atoms with Gasteiger partial charge in [0.2, 0.25) is 0 Å². The number of fused-ring (bicyclic) bond motifs is 1. The molecule has 2 rings (SSSR count). The number of aromatic nitrogens is 1. The van der Waals surface area contributed by atoms with Gasteiger partial charge < -0.3 is 14.8 Å². The van der Waals surface area contributed by atoms with Crippen LogP contribution in [0.5, 0.6) is 11.5 Å². The van der Waals surface area contributed by atoms with Crippen molar-refractivity contribution in [1.29, 1.82) is 0 Å². The van der Waals surface area contributed by atoms with Gasteiger partial charge in [0.05, 0.1) is 14.2 Å². The maximum atomic E-state index is 5.43. The van der Waals surface area contributed by atoms with E-state index in [1.54, 1.807) is 14.2 Å². The first-order chi connectivity index (χ1) is 9.60. The Morgan fingerprint density at radius 3 is 2.45 bits per heavy atom. The molecule has 0 fully saturated rings. The second-order valence-electron chi connectivity index (χ2n) is 5.01. The first-order valence-electron chi connectivity index (χ1n) is 6.91. The summed E-state index contributed by atoms with van der Waals surface area (Å²) in [5, 5.41) is 4.37. The van der Waals surface area contributed by atoms with Gasteiger partial charge in [-0.05, 0) is 30.5 Å². The summed E-state index contributed by atoms with van der Waals surface area (Å²) in [6, 6.07) is 6.02. The van der Waals surface area contributed by atoms with E-state index in [-0.39, 0.29) is 0 Å². The van der Waals surface area contributed by atoms with Crippen molar-refractivity contribution in [3.63, 3.8) is 0 Å². The number of methoxy groups -OCH3 is 2. The highest BCUT2D eigenvalue weighted by Gasteiger charge is 2.13. The van der Waals surface area contributed by atoms with Gasteiger partial charge in [0, 0.05) is 18.0 Å². The van der Waals surface area contributed by atoms with Crippen molar-refractivity contribution >= 4 is 16.7 Å². The highest BCUT2D eigenvalue weighted by atomic mass is 16.5. The third-order valence-electron chi connectivity index (χ3n) is 3.31. The number of nitrogens with zero attached hydrogens (tertiary/aromatic N) is 1. The molecule has 1 aromatic heterocycles. The van der Waals surface area contributed by atoms with Crippen LogP contribution in [0.1, 0.15) is 32.3 Å². The SMILES string of the molecule is CCNc1nc2c(OC)cc(OC)cc2cc1C(C)C. The van der Waals surface area contributed by atoms with Crippen molar-refractivity contribution in [2.75, 3.05) is 26.1 Å². The maximum Gasteiger partial charge on any atom is 0.148 e. The van der Waals surface area contributed by atoms with Gasteiger partial charge in [0.15, 0.2) is 0 Å². The summed E-state index contributed by atoms with van der Waals surface area (Å²) in [5.41, 5.74) is 2.06. The van der Waals surface area contributed by atoms with Gasteiger partial charge in [-0.15, -0.1) is 0 Å². The summed E-state index contributed by atoms with van der Waals surface area (Å²) in [4.78, 5) is 4.74. The zero-order valence-electron chi connectivity index (χ0n) is 12.8. The molecule has 0 bridgehead atoms. The van der Waals surface area contributed by atoms with Crippen LogP contribution in [0.25, 0.3) is 10.9 Å². The predicted molar refractivity (Wildman–Crippen MR) is 83.1 cm³/mol. The molecule has 0 spiro atoms. The van der Waals surface area contributed by atoms with Crippen LogP contribution in [0.15, 0.2) is 18.2 Å². The number of rotatable bonds is 5. The van der Waals surface area contributed by atoms with Crippen molar-refractivity contribution in [1.82, 2.24) is 4.98 Å². The number of anilines is 1. The second-order valence-corrected chi connectivity index (χ2v) is 5.01. The Balaban J connectivity index is 2.72. The molecule has 1 heterocycles. The first kappa shape index (κ1) is 14.4. The Labute approximate surface area is 120 Å². The molecule has 0 aliphatic heterocycles. The van der Waals surface area contributed by atoms with Crippen LogP contribution in [0.4, 0.5) is 5.82 Å². The molecule has 4 nitrogen and oxygen atoms in total. The average molecular weight is 274 g/mol. The lowest BCUT2D eigenvalue weighted by molar-refractivity contribution is 0.397. The normalized spacial score (nSPS) is 10.9. The van der Waals surface area contributed by atoms with E-state index in [9.17, 15) is 0 Å². The minimum absolute atomic E-state index is 0.401. The van der Waals surface area contributed by atoms with E-state index in [2.05, 4.69) is 32.2 Å². The van der Waals surface area contributed by atoms with Crippen molar-refractivity contribution in [3.8, 4) is 11.5 Å². The van der Waals surface area contributed by atoms with Gasteiger partial charge in [0.25, 0.3) is 0 Å². The van der Waals surface area contributed by atoms with Gasteiger partial charge in [-0.1, -0.05) is 13.8 Å². The van der Waals surface area contributed by atoms with Gasteiger partial charge in [-0.25, -0.2) is 4.98 Å². The zero-order chi connectivity index (χ0) is 14.7. The number of hydrogen-bond donors (Lipinski definition) is 1. The molecular weight excluding hydrogens is 252 g/mol. The van der Waals surface area contributed by atoms with Gasteiger partial charge >= 0.3 is 0 Å². The third-order valence-corrected chi connectivity index (χ3v) is 3.31. The molecule has 0 unspecified atom stereocenters. The van der Waals surface area contributed by atoms with Crippen molar-refractivity contribution in [2.45, 2.75) is 26.7 Å². The molecule has 0 atom stereocenters.